The smallest absolute Gasteiger partial charge is 0.241 e. The van der Waals surface area contributed by atoms with Crippen molar-refractivity contribution >= 4 is 11.6 Å². The summed E-state index contributed by atoms with van der Waals surface area (Å²) >= 11 is 0. The molecular weight excluding hydrogens is 238 g/mol. The largest absolute Gasteiger partial charge is 0.326 e. The van der Waals surface area contributed by atoms with Crippen LogP contribution in [0, 0.1) is 0 Å². The van der Waals surface area contributed by atoms with Crippen molar-refractivity contribution in [1.82, 2.24) is 4.90 Å². The topological polar surface area (TPSA) is 49.6 Å². The molecule has 0 aromatic heterocycles. The van der Waals surface area contributed by atoms with Crippen LogP contribution in [0.5, 0.6) is 0 Å². The van der Waals surface area contributed by atoms with Crippen LogP contribution in [0.4, 0.5) is 5.69 Å². The van der Waals surface area contributed by atoms with E-state index in [1.54, 1.807) is 0 Å². The third kappa shape index (κ3) is 2.38. The molecule has 2 atom stereocenters. The first-order chi connectivity index (χ1) is 9.15. The van der Waals surface area contributed by atoms with Crippen molar-refractivity contribution in [3.63, 3.8) is 0 Å². The van der Waals surface area contributed by atoms with Gasteiger partial charge in [0.1, 0.15) is 0 Å². The van der Waals surface area contributed by atoms with E-state index in [-0.39, 0.29) is 18.0 Å². The molecule has 102 valence electrons. The van der Waals surface area contributed by atoms with E-state index < -0.39 is 0 Å². The lowest BCUT2D eigenvalue weighted by atomic mass is 10.1. The van der Waals surface area contributed by atoms with Gasteiger partial charge in [-0.2, -0.15) is 0 Å². The summed E-state index contributed by atoms with van der Waals surface area (Å²) in [5, 5.41) is 0. The van der Waals surface area contributed by atoms with Crippen LogP contribution in [0.2, 0.25) is 0 Å². The van der Waals surface area contributed by atoms with Gasteiger partial charge >= 0.3 is 0 Å². The van der Waals surface area contributed by atoms with Gasteiger partial charge in [-0.15, -0.1) is 0 Å². The zero-order chi connectivity index (χ0) is 13.4. The normalized spacial score (nSPS) is 26.7. The van der Waals surface area contributed by atoms with Crippen molar-refractivity contribution in [2.24, 2.45) is 5.73 Å². The van der Waals surface area contributed by atoms with Crippen molar-refractivity contribution in [2.75, 3.05) is 24.5 Å². The molecule has 1 fully saturated rings. The Morgan fingerprint density at radius 2 is 2.21 bits per heavy atom. The number of amides is 1. The summed E-state index contributed by atoms with van der Waals surface area (Å²) in [6.07, 6.45) is 1.96. The first kappa shape index (κ1) is 12.6. The molecule has 0 bridgehead atoms. The third-order valence-electron chi connectivity index (χ3n) is 4.14. The number of para-hydroxylation sites is 1. The molecule has 3 rings (SSSR count). The second kappa shape index (κ2) is 4.94. The van der Waals surface area contributed by atoms with Gasteiger partial charge in [0.05, 0.1) is 6.54 Å². The molecular formula is C15H21N3O. The molecule has 2 heterocycles. The van der Waals surface area contributed by atoms with Gasteiger partial charge in [0.15, 0.2) is 0 Å². The molecule has 2 N–H and O–H groups in total. The number of carbonyl (C=O) groups is 1. The summed E-state index contributed by atoms with van der Waals surface area (Å²) in [4.78, 5) is 16.6. The molecule has 0 aliphatic carbocycles. The van der Waals surface area contributed by atoms with Crippen LogP contribution in [0.25, 0.3) is 0 Å². The van der Waals surface area contributed by atoms with E-state index in [1.807, 2.05) is 23.1 Å². The highest BCUT2D eigenvalue weighted by Crippen LogP contribution is 2.31. The molecule has 19 heavy (non-hydrogen) atoms. The maximum absolute atomic E-state index is 12.5. The highest BCUT2D eigenvalue weighted by molar-refractivity contribution is 5.97. The van der Waals surface area contributed by atoms with Crippen molar-refractivity contribution in [1.29, 1.82) is 0 Å². The van der Waals surface area contributed by atoms with Crippen molar-refractivity contribution in [2.45, 2.75) is 31.8 Å². The van der Waals surface area contributed by atoms with Crippen molar-refractivity contribution in [3.05, 3.63) is 29.8 Å². The Kier molecular flexibility index (Phi) is 3.29. The Morgan fingerprint density at radius 1 is 1.42 bits per heavy atom. The summed E-state index contributed by atoms with van der Waals surface area (Å²) in [6, 6.07) is 8.71. The Labute approximate surface area is 114 Å². The zero-order valence-corrected chi connectivity index (χ0v) is 11.4. The van der Waals surface area contributed by atoms with Gasteiger partial charge in [-0.25, -0.2) is 0 Å². The number of rotatable bonds is 2. The van der Waals surface area contributed by atoms with E-state index in [0.717, 1.165) is 31.6 Å². The number of fused-ring (bicyclic) bond motifs is 1. The molecule has 4 heteroatoms. The predicted molar refractivity (Wildman–Crippen MR) is 76.1 cm³/mol. The highest BCUT2D eigenvalue weighted by atomic mass is 16.2. The molecule has 1 unspecified atom stereocenters. The Bertz CT molecular complexity index is 488. The average Bonchev–Trinajstić information content (AvgIpc) is 2.91. The van der Waals surface area contributed by atoms with Crippen molar-refractivity contribution < 1.29 is 4.79 Å². The van der Waals surface area contributed by atoms with Crippen LogP contribution >= 0.6 is 0 Å². The minimum absolute atomic E-state index is 0.201. The second-order valence-electron chi connectivity index (χ2n) is 5.73. The van der Waals surface area contributed by atoms with E-state index in [0.29, 0.717) is 6.54 Å². The number of hydrogen-bond donors (Lipinski definition) is 1. The van der Waals surface area contributed by atoms with Crippen LogP contribution in [0.1, 0.15) is 18.9 Å². The molecule has 4 nitrogen and oxygen atoms in total. The van der Waals surface area contributed by atoms with Crippen LogP contribution in [-0.4, -0.2) is 42.5 Å². The standard InChI is InChI=1S/C15H21N3O/c1-11-8-12-4-2-3-5-14(12)18(11)15(19)10-17-7-6-13(16)9-17/h2-5,11,13H,6-10,16H2,1H3/t11?,13-/m1/s1. The van der Waals surface area contributed by atoms with E-state index in [1.165, 1.54) is 5.56 Å². The van der Waals surface area contributed by atoms with Crippen LogP contribution in [-0.2, 0) is 11.2 Å². The summed E-state index contributed by atoms with van der Waals surface area (Å²) in [6.45, 7) is 4.40. The lowest BCUT2D eigenvalue weighted by molar-refractivity contribution is -0.119. The fraction of sp³-hybridized carbons (Fsp3) is 0.533. The summed E-state index contributed by atoms with van der Waals surface area (Å²) < 4.78 is 0. The maximum Gasteiger partial charge on any atom is 0.241 e. The Balaban J connectivity index is 1.73. The summed E-state index contributed by atoms with van der Waals surface area (Å²) in [5.41, 5.74) is 8.26. The first-order valence-corrected chi connectivity index (χ1v) is 7.03. The van der Waals surface area contributed by atoms with Gasteiger partial charge < -0.3 is 10.6 Å². The Morgan fingerprint density at radius 3 is 2.95 bits per heavy atom. The number of nitrogens with zero attached hydrogens (tertiary/aromatic N) is 2. The first-order valence-electron chi connectivity index (χ1n) is 7.03. The van der Waals surface area contributed by atoms with Gasteiger partial charge in [-0.1, -0.05) is 18.2 Å². The van der Waals surface area contributed by atoms with E-state index in [2.05, 4.69) is 17.9 Å². The second-order valence-corrected chi connectivity index (χ2v) is 5.73. The fourth-order valence-corrected chi connectivity index (χ4v) is 3.22. The summed E-state index contributed by atoms with van der Waals surface area (Å²) in [5.74, 6) is 0.201. The molecule has 0 radical (unpaired) electrons. The highest BCUT2D eigenvalue weighted by Gasteiger charge is 2.32. The predicted octanol–water partition coefficient (Wildman–Crippen LogP) is 0.997. The van der Waals surface area contributed by atoms with Crippen LogP contribution in [0.3, 0.4) is 0 Å². The number of carbonyl (C=O) groups excluding carboxylic acids is 1. The van der Waals surface area contributed by atoms with E-state index in [9.17, 15) is 4.79 Å². The fourth-order valence-electron chi connectivity index (χ4n) is 3.22. The molecule has 2 aliphatic rings. The quantitative estimate of drug-likeness (QED) is 0.862. The third-order valence-corrected chi connectivity index (χ3v) is 4.14. The minimum Gasteiger partial charge on any atom is -0.326 e. The van der Waals surface area contributed by atoms with Gasteiger partial charge in [0, 0.05) is 30.9 Å². The molecule has 1 saturated heterocycles. The van der Waals surface area contributed by atoms with Gasteiger partial charge in [0.2, 0.25) is 5.91 Å². The molecule has 1 aromatic carbocycles. The van der Waals surface area contributed by atoms with Crippen LogP contribution < -0.4 is 10.6 Å². The number of likely N-dealkylation sites (tertiary alicyclic amines) is 1. The number of benzene rings is 1. The van der Waals surface area contributed by atoms with E-state index >= 15 is 0 Å². The van der Waals surface area contributed by atoms with Gasteiger partial charge in [-0.3, -0.25) is 9.69 Å². The van der Waals surface area contributed by atoms with Gasteiger partial charge in [-0.05, 0) is 31.4 Å². The van der Waals surface area contributed by atoms with Crippen molar-refractivity contribution in [3.8, 4) is 0 Å². The monoisotopic (exact) mass is 259 g/mol. The molecule has 0 spiro atoms. The lowest BCUT2D eigenvalue weighted by Crippen LogP contribution is -2.43. The summed E-state index contributed by atoms with van der Waals surface area (Å²) in [7, 11) is 0. The lowest BCUT2D eigenvalue weighted by Gasteiger charge is -2.25. The van der Waals surface area contributed by atoms with E-state index in [4.69, 9.17) is 5.73 Å². The zero-order valence-electron chi connectivity index (χ0n) is 11.4. The number of nitrogens with two attached hydrogens (primary N) is 1. The maximum atomic E-state index is 12.5. The Hall–Kier alpha value is -1.39. The average molecular weight is 259 g/mol. The van der Waals surface area contributed by atoms with Crippen LogP contribution in [0.15, 0.2) is 24.3 Å². The molecule has 0 saturated carbocycles. The minimum atomic E-state index is 0.201. The number of anilines is 1. The molecule has 1 aromatic rings. The number of hydrogen-bond acceptors (Lipinski definition) is 3. The molecule has 2 aliphatic heterocycles. The molecule has 1 amide bonds. The SMILES string of the molecule is CC1Cc2ccccc2N1C(=O)CN1CC[C@@H](N)C1. The van der Waals surface area contributed by atoms with Gasteiger partial charge in [0.25, 0.3) is 0 Å².